The van der Waals surface area contributed by atoms with Gasteiger partial charge in [0.05, 0.1) is 6.61 Å². The fourth-order valence-electron chi connectivity index (χ4n) is 3.50. The smallest absolute Gasteiger partial charge is 0.407 e. The molecule has 154 valence electrons. The number of anilines is 1. The highest BCUT2D eigenvalue weighted by Crippen LogP contribution is 2.40. The van der Waals surface area contributed by atoms with Crippen molar-refractivity contribution in [1.82, 2.24) is 5.32 Å². The van der Waals surface area contributed by atoms with E-state index in [1.807, 2.05) is 52.8 Å². The van der Waals surface area contributed by atoms with Crippen LogP contribution in [0.25, 0.3) is 0 Å². The number of rotatable bonds is 4. The molecule has 1 heterocycles. The van der Waals surface area contributed by atoms with Crippen molar-refractivity contribution in [3.63, 3.8) is 0 Å². The van der Waals surface area contributed by atoms with Crippen LogP contribution in [0.15, 0.2) is 18.2 Å². The van der Waals surface area contributed by atoms with E-state index >= 15 is 0 Å². The zero-order valence-electron chi connectivity index (χ0n) is 18.0. The minimum Gasteiger partial charge on any atom is -0.449 e. The summed E-state index contributed by atoms with van der Waals surface area (Å²) in [6, 6.07) is 5.78. The van der Waals surface area contributed by atoms with E-state index in [4.69, 9.17) is 4.74 Å². The minimum absolute atomic E-state index is 0.0762. The van der Waals surface area contributed by atoms with Gasteiger partial charge in [0.25, 0.3) is 0 Å². The fourth-order valence-corrected chi connectivity index (χ4v) is 3.50. The Kier molecular flexibility index (Phi) is 6.21. The molecule has 0 saturated carbocycles. The Labute approximate surface area is 167 Å². The molecule has 6 nitrogen and oxygen atoms in total. The number of nitrogens with zero attached hydrogens (tertiary/aromatic N) is 1. The first-order valence-electron chi connectivity index (χ1n) is 9.82. The van der Waals surface area contributed by atoms with Crippen molar-refractivity contribution >= 4 is 23.5 Å². The number of Topliss-reactive ketones (excluding diaryl/α,β-unsaturated/α-hetero) is 1. The number of carbonyl (C=O) groups excluding carboxylic acids is 3. The monoisotopic (exact) mass is 388 g/mol. The Hall–Kier alpha value is -2.37. The van der Waals surface area contributed by atoms with Gasteiger partial charge in [0.1, 0.15) is 5.41 Å². The summed E-state index contributed by atoms with van der Waals surface area (Å²) in [5, 5.41) is 2.75. The van der Waals surface area contributed by atoms with Gasteiger partial charge in [-0.2, -0.15) is 0 Å². The number of carbonyl (C=O) groups is 3. The van der Waals surface area contributed by atoms with Crippen molar-refractivity contribution < 1.29 is 19.1 Å². The summed E-state index contributed by atoms with van der Waals surface area (Å²) >= 11 is 0. The van der Waals surface area contributed by atoms with Crippen LogP contribution >= 0.6 is 0 Å². The molecule has 1 aromatic rings. The summed E-state index contributed by atoms with van der Waals surface area (Å²) < 4.78 is 5.25. The summed E-state index contributed by atoms with van der Waals surface area (Å²) in [5.41, 5.74) is 1.20. The molecule has 0 fully saturated rings. The molecule has 2 amide bonds. The molecule has 0 spiro atoms. The number of amides is 2. The Balaban J connectivity index is 2.22. The number of alkyl carbamates (subject to hydrolysis) is 1. The number of hydrogen-bond donors (Lipinski definition) is 1. The lowest BCUT2D eigenvalue weighted by Gasteiger charge is -2.27. The molecular weight excluding hydrogens is 356 g/mol. The SMILES string of the molecule is CCN1C(=O)C(C)(C)C(=O)C(C)c2cc(CCOC(=O)NC(C)(C)C)ccc21. The highest BCUT2D eigenvalue weighted by Gasteiger charge is 2.45. The fraction of sp³-hybridized carbons (Fsp3) is 0.591. The molecule has 1 aliphatic heterocycles. The van der Waals surface area contributed by atoms with Crippen LogP contribution < -0.4 is 10.2 Å². The van der Waals surface area contributed by atoms with Gasteiger partial charge in [-0.05, 0) is 58.7 Å². The largest absolute Gasteiger partial charge is 0.449 e. The minimum atomic E-state index is -1.05. The third kappa shape index (κ3) is 4.54. The van der Waals surface area contributed by atoms with Crippen LogP contribution in [0.2, 0.25) is 0 Å². The van der Waals surface area contributed by atoms with E-state index in [9.17, 15) is 14.4 Å². The van der Waals surface area contributed by atoms with E-state index in [1.165, 1.54) is 0 Å². The maximum Gasteiger partial charge on any atom is 0.407 e. The lowest BCUT2D eigenvalue weighted by atomic mass is 9.79. The van der Waals surface area contributed by atoms with Gasteiger partial charge < -0.3 is 15.0 Å². The van der Waals surface area contributed by atoms with Gasteiger partial charge in [-0.15, -0.1) is 0 Å². The van der Waals surface area contributed by atoms with E-state index in [0.717, 1.165) is 16.8 Å². The van der Waals surface area contributed by atoms with Gasteiger partial charge in [0.15, 0.2) is 5.78 Å². The zero-order valence-corrected chi connectivity index (χ0v) is 18.0. The van der Waals surface area contributed by atoms with Crippen molar-refractivity contribution in [3.05, 3.63) is 29.3 Å². The van der Waals surface area contributed by atoms with Crippen LogP contribution in [0.4, 0.5) is 10.5 Å². The topological polar surface area (TPSA) is 75.7 Å². The van der Waals surface area contributed by atoms with Gasteiger partial charge in [-0.1, -0.05) is 19.1 Å². The van der Waals surface area contributed by atoms with Crippen molar-refractivity contribution in [2.24, 2.45) is 5.41 Å². The van der Waals surface area contributed by atoms with E-state index < -0.39 is 11.5 Å². The van der Waals surface area contributed by atoms with Crippen LogP contribution in [0.1, 0.15) is 65.5 Å². The number of ketones is 1. The van der Waals surface area contributed by atoms with E-state index in [-0.39, 0.29) is 29.8 Å². The highest BCUT2D eigenvalue weighted by atomic mass is 16.5. The van der Waals surface area contributed by atoms with Gasteiger partial charge in [0.2, 0.25) is 5.91 Å². The van der Waals surface area contributed by atoms with Gasteiger partial charge >= 0.3 is 6.09 Å². The Morgan fingerprint density at radius 3 is 2.46 bits per heavy atom. The van der Waals surface area contributed by atoms with Crippen LogP contribution in [-0.2, 0) is 20.7 Å². The lowest BCUT2D eigenvalue weighted by Crippen LogP contribution is -2.44. The van der Waals surface area contributed by atoms with Crippen LogP contribution in [0.3, 0.4) is 0 Å². The molecule has 1 atom stereocenters. The number of fused-ring (bicyclic) bond motifs is 1. The first-order valence-corrected chi connectivity index (χ1v) is 9.82. The van der Waals surface area contributed by atoms with Crippen molar-refractivity contribution in [2.75, 3.05) is 18.1 Å². The van der Waals surface area contributed by atoms with E-state index in [1.54, 1.807) is 18.7 Å². The molecule has 28 heavy (non-hydrogen) atoms. The maximum absolute atomic E-state index is 12.9. The Bertz CT molecular complexity index is 777. The van der Waals surface area contributed by atoms with E-state index in [0.29, 0.717) is 13.0 Å². The summed E-state index contributed by atoms with van der Waals surface area (Å²) in [7, 11) is 0. The van der Waals surface area contributed by atoms with E-state index in [2.05, 4.69) is 5.32 Å². The number of hydrogen-bond acceptors (Lipinski definition) is 4. The molecule has 1 unspecified atom stereocenters. The van der Waals surface area contributed by atoms with Crippen molar-refractivity contribution in [1.29, 1.82) is 0 Å². The third-order valence-corrected chi connectivity index (χ3v) is 5.06. The summed E-state index contributed by atoms with van der Waals surface area (Å²) in [5.74, 6) is -0.622. The first kappa shape index (κ1) is 21.9. The lowest BCUT2D eigenvalue weighted by molar-refractivity contribution is -0.138. The normalized spacial score (nSPS) is 19.1. The van der Waals surface area contributed by atoms with Gasteiger partial charge in [0, 0.05) is 30.1 Å². The maximum atomic E-state index is 12.9. The Morgan fingerprint density at radius 2 is 1.89 bits per heavy atom. The number of nitrogens with one attached hydrogen (secondary N) is 1. The predicted octanol–water partition coefficient (Wildman–Crippen LogP) is 3.82. The molecule has 0 bridgehead atoms. The molecule has 1 N–H and O–H groups in total. The summed E-state index contributed by atoms with van der Waals surface area (Å²) in [4.78, 5) is 39.3. The zero-order chi connectivity index (χ0) is 21.3. The summed E-state index contributed by atoms with van der Waals surface area (Å²) in [6.45, 7) is 13.6. The number of benzene rings is 1. The standard InChI is InChI=1S/C22H32N2O4/c1-8-24-17-10-9-15(11-12-28-20(27)23-21(3,4)5)13-16(17)14(2)18(25)22(6,7)19(24)26/h9-10,13-14H,8,11-12H2,1-7H3,(H,23,27). The molecule has 2 rings (SSSR count). The molecule has 0 saturated heterocycles. The van der Waals surface area contributed by atoms with Crippen molar-refractivity contribution in [3.8, 4) is 0 Å². The average Bonchev–Trinajstić information content (AvgIpc) is 2.64. The third-order valence-electron chi connectivity index (χ3n) is 5.06. The molecule has 0 aromatic heterocycles. The van der Waals surface area contributed by atoms with Crippen LogP contribution in [0.5, 0.6) is 0 Å². The second kappa shape index (κ2) is 7.94. The first-order chi connectivity index (χ1) is 12.9. The molecule has 6 heteroatoms. The predicted molar refractivity (Wildman–Crippen MR) is 110 cm³/mol. The quantitative estimate of drug-likeness (QED) is 0.796. The molecular formula is C22H32N2O4. The van der Waals surface area contributed by atoms with Gasteiger partial charge in [-0.25, -0.2) is 4.79 Å². The van der Waals surface area contributed by atoms with Crippen LogP contribution in [0, 0.1) is 5.41 Å². The Morgan fingerprint density at radius 1 is 1.25 bits per heavy atom. The second-order valence-electron chi connectivity index (χ2n) is 8.91. The van der Waals surface area contributed by atoms with Gasteiger partial charge in [-0.3, -0.25) is 9.59 Å². The van der Waals surface area contributed by atoms with Crippen LogP contribution in [-0.4, -0.2) is 36.5 Å². The molecule has 0 aliphatic carbocycles. The molecule has 1 aromatic carbocycles. The highest BCUT2D eigenvalue weighted by molar-refractivity contribution is 6.16. The average molecular weight is 389 g/mol. The molecule has 0 radical (unpaired) electrons. The second-order valence-corrected chi connectivity index (χ2v) is 8.91. The molecule has 1 aliphatic rings. The summed E-state index contributed by atoms with van der Waals surface area (Å²) in [6.07, 6.45) is 0.0881. The van der Waals surface area contributed by atoms with Crippen molar-refractivity contribution in [2.45, 2.75) is 66.3 Å². The number of ether oxygens (including phenoxy) is 1.